The van der Waals surface area contributed by atoms with Crippen LogP contribution in [-0.4, -0.2) is 47.6 Å². The Balaban J connectivity index is 3.77. The number of carbonyl (C=O) groups is 2. The van der Waals surface area contributed by atoms with Crippen molar-refractivity contribution < 1.29 is 29.3 Å². The van der Waals surface area contributed by atoms with Crippen LogP contribution in [0.4, 0.5) is 0 Å². The van der Waals surface area contributed by atoms with Gasteiger partial charge in [-0.1, -0.05) is 139 Å². The molecule has 0 aromatic heterocycles. The summed E-state index contributed by atoms with van der Waals surface area (Å²) in [6, 6.07) is 0. The van der Waals surface area contributed by atoms with Crippen molar-refractivity contribution in [2.75, 3.05) is 13.2 Å². The SMILES string of the molecule is CC/C=C\C/C=C\C/C=C\C/C=C\C/C=C\C=C/C(O)CCC(=O)OC[C@H](O)COC(=O)CCCCCCCCCC(C)C. The van der Waals surface area contributed by atoms with Crippen LogP contribution in [0.5, 0.6) is 0 Å². The van der Waals surface area contributed by atoms with Crippen molar-refractivity contribution in [3.8, 4) is 0 Å². The van der Waals surface area contributed by atoms with Crippen molar-refractivity contribution in [1.82, 2.24) is 0 Å². The molecule has 0 saturated heterocycles. The highest BCUT2D eigenvalue weighted by Crippen LogP contribution is 2.13. The molecule has 0 fully saturated rings. The van der Waals surface area contributed by atoms with Gasteiger partial charge in [0.2, 0.25) is 0 Å². The summed E-state index contributed by atoms with van der Waals surface area (Å²) in [5.74, 6) is -0.0727. The number of hydrogen-bond acceptors (Lipinski definition) is 6. The molecule has 2 N–H and O–H groups in total. The molecule has 6 heteroatoms. The number of carbonyl (C=O) groups excluding carboxylic acids is 2. The molecule has 2 atom stereocenters. The smallest absolute Gasteiger partial charge is 0.305 e. The number of esters is 2. The molecule has 0 aromatic carbocycles. The number of aliphatic hydroxyl groups excluding tert-OH is 2. The van der Waals surface area contributed by atoms with Crippen molar-refractivity contribution >= 4 is 11.9 Å². The molecule has 0 heterocycles. The molecule has 0 aromatic rings. The molecular formula is C38H62O6. The molecule has 1 unspecified atom stereocenters. The largest absolute Gasteiger partial charge is 0.463 e. The quantitative estimate of drug-likeness (QED) is 0.0395. The van der Waals surface area contributed by atoms with Gasteiger partial charge in [0.05, 0.1) is 6.10 Å². The van der Waals surface area contributed by atoms with Crippen LogP contribution >= 0.6 is 0 Å². The Labute approximate surface area is 268 Å². The van der Waals surface area contributed by atoms with E-state index < -0.39 is 18.2 Å². The van der Waals surface area contributed by atoms with Crippen LogP contribution in [0, 0.1) is 5.92 Å². The van der Waals surface area contributed by atoms with E-state index in [4.69, 9.17) is 9.47 Å². The van der Waals surface area contributed by atoms with E-state index in [2.05, 4.69) is 69.4 Å². The van der Waals surface area contributed by atoms with Gasteiger partial charge in [0.25, 0.3) is 0 Å². The van der Waals surface area contributed by atoms with E-state index in [9.17, 15) is 19.8 Å². The van der Waals surface area contributed by atoms with Crippen LogP contribution < -0.4 is 0 Å². The zero-order valence-electron chi connectivity index (χ0n) is 27.9. The van der Waals surface area contributed by atoms with E-state index in [1.165, 1.54) is 32.1 Å². The second kappa shape index (κ2) is 31.7. The first kappa shape index (κ1) is 41.3. The lowest BCUT2D eigenvalue weighted by Crippen LogP contribution is -2.25. The van der Waals surface area contributed by atoms with E-state index in [-0.39, 0.29) is 32.0 Å². The highest BCUT2D eigenvalue weighted by Gasteiger charge is 2.13. The normalized spacial score (nSPS) is 14.0. The van der Waals surface area contributed by atoms with E-state index >= 15 is 0 Å². The van der Waals surface area contributed by atoms with E-state index in [0.717, 1.165) is 57.3 Å². The zero-order valence-corrected chi connectivity index (χ0v) is 27.9. The first-order valence-corrected chi connectivity index (χ1v) is 17.0. The molecule has 0 radical (unpaired) electrons. The highest BCUT2D eigenvalue weighted by molar-refractivity contribution is 5.69. The fraction of sp³-hybridized carbons (Fsp3) is 0.632. The molecule has 0 rings (SSSR count). The van der Waals surface area contributed by atoms with Gasteiger partial charge in [-0.15, -0.1) is 0 Å². The summed E-state index contributed by atoms with van der Waals surface area (Å²) in [5, 5.41) is 20.0. The topological polar surface area (TPSA) is 93.1 Å². The zero-order chi connectivity index (χ0) is 32.5. The molecule has 44 heavy (non-hydrogen) atoms. The summed E-state index contributed by atoms with van der Waals surface area (Å²) >= 11 is 0. The second-order valence-corrected chi connectivity index (χ2v) is 11.6. The maximum absolute atomic E-state index is 11.9. The van der Waals surface area contributed by atoms with Crippen molar-refractivity contribution in [1.29, 1.82) is 0 Å². The predicted molar refractivity (Wildman–Crippen MR) is 183 cm³/mol. The summed E-state index contributed by atoms with van der Waals surface area (Å²) < 4.78 is 10.1. The van der Waals surface area contributed by atoms with E-state index in [1.54, 1.807) is 12.2 Å². The van der Waals surface area contributed by atoms with Crippen LogP contribution in [0.1, 0.15) is 124 Å². The summed E-state index contributed by atoms with van der Waals surface area (Å²) in [6.45, 7) is 6.21. The van der Waals surface area contributed by atoms with E-state index in [0.29, 0.717) is 6.42 Å². The van der Waals surface area contributed by atoms with Gasteiger partial charge in [0.15, 0.2) is 0 Å². The number of rotatable bonds is 28. The van der Waals surface area contributed by atoms with Crippen LogP contribution in [0.3, 0.4) is 0 Å². The predicted octanol–water partition coefficient (Wildman–Crippen LogP) is 9.05. The summed E-state index contributed by atoms with van der Waals surface area (Å²) in [6.07, 6.45) is 37.3. The van der Waals surface area contributed by atoms with Crippen LogP contribution in [0.15, 0.2) is 72.9 Å². The lowest BCUT2D eigenvalue weighted by molar-refractivity contribution is -0.152. The summed E-state index contributed by atoms with van der Waals surface area (Å²) in [4.78, 5) is 23.8. The average molecular weight is 615 g/mol. The number of unbranched alkanes of at least 4 members (excludes halogenated alkanes) is 6. The summed E-state index contributed by atoms with van der Waals surface area (Å²) in [5.41, 5.74) is 0. The summed E-state index contributed by atoms with van der Waals surface area (Å²) in [7, 11) is 0. The third kappa shape index (κ3) is 32.2. The molecule has 0 spiro atoms. The van der Waals surface area contributed by atoms with Gasteiger partial charge in [0, 0.05) is 12.8 Å². The molecule has 0 amide bonds. The molecule has 0 bridgehead atoms. The van der Waals surface area contributed by atoms with E-state index in [1.807, 2.05) is 12.2 Å². The van der Waals surface area contributed by atoms with Gasteiger partial charge >= 0.3 is 11.9 Å². The third-order valence-corrected chi connectivity index (χ3v) is 6.75. The Hall–Kier alpha value is -2.70. The molecule has 0 saturated carbocycles. The van der Waals surface area contributed by atoms with Crippen molar-refractivity contribution in [2.45, 2.75) is 136 Å². The fourth-order valence-corrected chi connectivity index (χ4v) is 4.14. The number of hydrogen-bond donors (Lipinski definition) is 2. The van der Waals surface area contributed by atoms with Crippen LogP contribution in [0.25, 0.3) is 0 Å². The highest BCUT2D eigenvalue weighted by atomic mass is 16.6. The standard InChI is InChI=1S/C38H62O6/c1-4-5-6-7-8-9-10-11-12-13-14-15-16-19-22-25-28-35(39)30-31-38(42)44-33-36(40)32-43-37(41)29-26-23-20-17-18-21-24-27-34(2)3/h5-6,8-9,11-12,14-15,19,22,25,28,34-36,39-40H,4,7,10,13,16-18,20-21,23-24,26-27,29-33H2,1-3H3/b6-5-,9-8-,12-11-,15-14-,22-19-,28-25-/t35?,36-/m1/s1. The van der Waals surface area contributed by atoms with Gasteiger partial charge < -0.3 is 19.7 Å². The minimum atomic E-state index is -1.06. The molecular weight excluding hydrogens is 552 g/mol. The van der Waals surface area contributed by atoms with Gasteiger partial charge in [-0.25, -0.2) is 0 Å². The Morgan fingerprint density at radius 3 is 1.61 bits per heavy atom. The Bertz CT molecular complexity index is 865. The van der Waals surface area contributed by atoms with Gasteiger partial charge in [0.1, 0.15) is 19.3 Å². The van der Waals surface area contributed by atoms with Crippen LogP contribution in [0.2, 0.25) is 0 Å². The van der Waals surface area contributed by atoms with Crippen molar-refractivity contribution in [3.05, 3.63) is 72.9 Å². The monoisotopic (exact) mass is 614 g/mol. The first-order chi connectivity index (χ1) is 21.3. The third-order valence-electron chi connectivity index (χ3n) is 6.75. The average Bonchev–Trinajstić information content (AvgIpc) is 3.00. The lowest BCUT2D eigenvalue weighted by atomic mass is 10.0. The maximum Gasteiger partial charge on any atom is 0.305 e. The molecule has 0 aliphatic heterocycles. The maximum atomic E-state index is 11.9. The number of aliphatic hydroxyl groups is 2. The van der Waals surface area contributed by atoms with Crippen LogP contribution in [-0.2, 0) is 19.1 Å². The Morgan fingerprint density at radius 2 is 1.07 bits per heavy atom. The number of ether oxygens (including phenoxy) is 2. The van der Waals surface area contributed by atoms with Crippen molar-refractivity contribution in [2.24, 2.45) is 5.92 Å². The van der Waals surface area contributed by atoms with Gasteiger partial charge in [-0.2, -0.15) is 0 Å². The minimum Gasteiger partial charge on any atom is -0.463 e. The lowest BCUT2D eigenvalue weighted by Gasteiger charge is -2.12. The second-order valence-electron chi connectivity index (χ2n) is 11.6. The van der Waals surface area contributed by atoms with Gasteiger partial charge in [-0.05, 0) is 50.9 Å². The van der Waals surface area contributed by atoms with Gasteiger partial charge in [-0.3, -0.25) is 9.59 Å². The molecule has 250 valence electrons. The van der Waals surface area contributed by atoms with Crippen molar-refractivity contribution in [3.63, 3.8) is 0 Å². The molecule has 0 aliphatic rings. The molecule has 6 nitrogen and oxygen atoms in total. The minimum absolute atomic E-state index is 0.0292. The number of allylic oxidation sites excluding steroid dienone is 11. The fourth-order valence-electron chi connectivity index (χ4n) is 4.14. The Morgan fingerprint density at radius 1 is 0.591 bits per heavy atom. The Kier molecular flexibility index (Phi) is 29.8. The first-order valence-electron chi connectivity index (χ1n) is 17.0. The molecule has 0 aliphatic carbocycles.